The molecule has 5 nitrogen and oxygen atoms in total. The monoisotopic (exact) mass is 356 g/mol. The molecule has 7 heteroatoms. The lowest BCUT2D eigenvalue weighted by atomic mass is 10.3. The Balaban J connectivity index is 2.51. The Morgan fingerprint density at radius 1 is 1.45 bits per heavy atom. The first-order valence-corrected chi connectivity index (χ1v) is 6.92. The molecule has 0 unspecified atom stereocenters. The van der Waals surface area contributed by atoms with Crippen molar-refractivity contribution >= 4 is 33.5 Å². The van der Waals surface area contributed by atoms with Gasteiger partial charge in [0.05, 0.1) is 17.3 Å². The number of carbonyl (C=O) groups is 1. The van der Waals surface area contributed by atoms with E-state index in [1.54, 1.807) is 25.1 Å². The second-order valence-corrected chi connectivity index (χ2v) is 5.11. The van der Waals surface area contributed by atoms with Gasteiger partial charge in [-0.2, -0.15) is 5.10 Å². The SMILES string of the molecule is CCOC(=O)c1nn(-c2ccc(Br)cc2Cl)ccc1=O. The molecule has 0 N–H and O–H groups in total. The highest BCUT2D eigenvalue weighted by Crippen LogP contribution is 2.23. The smallest absolute Gasteiger partial charge is 0.362 e. The van der Waals surface area contributed by atoms with Gasteiger partial charge >= 0.3 is 5.97 Å². The van der Waals surface area contributed by atoms with Crippen molar-refractivity contribution in [3.8, 4) is 5.69 Å². The van der Waals surface area contributed by atoms with Crippen LogP contribution in [0.2, 0.25) is 5.02 Å². The van der Waals surface area contributed by atoms with Crippen LogP contribution in [0.4, 0.5) is 0 Å². The van der Waals surface area contributed by atoms with E-state index in [1.807, 2.05) is 0 Å². The lowest BCUT2D eigenvalue weighted by Crippen LogP contribution is -2.22. The molecule has 0 saturated carbocycles. The number of hydrogen-bond donors (Lipinski definition) is 0. The van der Waals surface area contributed by atoms with Crippen molar-refractivity contribution in [2.45, 2.75) is 6.92 Å². The van der Waals surface area contributed by atoms with Crippen molar-refractivity contribution in [2.24, 2.45) is 0 Å². The van der Waals surface area contributed by atoms with Crippen molar-refractivity contribution in [1.82, 2.24) is 9.78 Å². The van der Waals surface area contributed by atoms with Crippen LogP contribution in [-0.4, -0.2) is 22.4 Å². The van der Waals surface area contributed by atoms with Gasteiger partial charge in [-0.25, -0.2) is 9.48 Å². The van der Waals surface area contributed by atoms with Crippen LogP contribution >= 0.6 is 27.5 Å². The lowest BCUT2D eigenvalue weighted by molar-refractivity contribution is 0.0515. The summed E-state index contributed by atoms with van der Waals surface area (Å²) in [6.45, 7) is 1.83. The van der Waals surface area contributed by atoms with Crippen LogP contribution in [0.3, 0.4) is 0 Å². The van der Waals surface area contributed by atoms with E-state index in [2.05, 4.69) is 21.0 Å². The van der Waals surface area contributed by atoms with Crippen LogP contribution in [0.15, 0.2) is 39.7 Å². The van der Waals surface area contributed by atoms with Gasteiger partial charge in [0.15, 0.2) is 0 Å². The largest absolute Gasteiger partial charge is 0.461 e. The molecule has 0 saturated heterocycles. The van der Waals surface area contributed by atoms with Crippen molar-refractivity contribution < 1.29 is 9.53 Å². The normalized spacial score (nSPS) is 10.3. The standard InChI is InChI=1S/C13H10BrClN2O3/c1-2-20-13(19)12-11(18)5-6-17(16-12)10-4-3-8(14)7-9(10)15/h3-7H,2H2,1H3. The first-order chi connectivity index (χ1) is 9.52. The highest BCUT2D eigenvalue weighted by molar-refractivity contribution is 9.10. The predicted octanol–water partition coefficient (Wildman–Crippen LogP) is 2.83. The van der Waals surface area contributed by atoms with Gasteiger partial charge in [0.25, 0.3) is 0 Å². The van der Waals surface area contributed by atoms with Gasteiger partial charge in [0.2, 0.25) is 11.1 Å². The van der Waals surface area contributed by atoms with Crippen LogP contribution in [-0.2, 0) is 4.74 Å². The third-order valence-electron chi connectivity index (χ3n) is 2.43. The fourth-order valence-electron chi connectivity index (χ4n) is 1.55. The molecule has 0 atom stereocenters. The molecule has 2 aromatic rings. The van der Waals surface area contributed by atoms with E-state index in [1.165, 1.54) is 16.9 Å². The van der Waals surface area contributed by atoms with Crippen molar-refractivity contribution in [1.29, 1.82) is 0 Å². The molecule has 0 fully saturated rings. The zero-order valence-electron chi connectivity index (χ0n) is 10.5. The molecular weight excluding hydrogens is 348 g/mol. The summed E-state index contributed by atoms with van der Waals surface area (Å²) in [7, 11) is 0. The topological polar surface area (TPSA) is 61.2 Å². The molecule has 0 amide bonds. The molecule has 0 spiro atoms. The zero-order valence-corrected chi connectivity index (χ0v) is 12.8. The first-order valence-electron chi connectivity index (χ1n) is 5.75. The van der Waals surface area contributed by atoms with Crippen molar-refractivity contribution in [2.75, 3.05) is 6.61 Å². The molecule has 0 aliphatic rings. The second-order valence-electron chi connectivity index (χ2n) is 3.79. The molecule has 20 heavy (non-hydrogen) atoms. The Hall–Kier alpha value is -1.66. The van der Waals surface area contributed by atoms with Crippen LogP contribution in [0.5, 0.6) is 0 Å². The molecule has 0 radical (unpaired) electrons. The number of halogens is 2. The summed E-state index contributed by atoms with van der Waals surface area (Å²) >= 11 is 9.41. The highest BCUT2D eigenvalue weighted by Gasteiger charge is 2.15. The number of esters is 1. The number of aromatic nitrogens is 2. The Morgan fingerprint density at radius 2 is 2.20 bits per heavy atom. The van der Waals surface area contributed by atoms with E-state index in [4.69, 9.17) is 16.3 Å². The minimum Gasteiger partial charge on any atom is -0.461 e. The molecule has 1 aromatic carbocycles. The first kappa shape index (κ1) is 14.7. The maximum absolute atomic E-state index is 11.6. The van der Waals surface area contributed by atoms with Crippen molar-refractivity contribution in [3.05, 3.63) is 55.9 Å². The molecule has 2 rings (SSSR count). The summed E-state index contributed by atoms with van der Waals surface area (Å²) in [5.74, 6) is -0.750. The quantitative estimate of drug-likeness (QED) is 0.793. The maximum Gasteiger partial charge on any atom is 0.362 e. The summed E-state index contributed by atoms with van der Waals surface area (Å²) in [6.07, 6.45) is 1.44. The number of ether oxygens (including phenoxy) is 1. The number of hydrogen-bond acceptors (Lipinski definition) is 4. The average molecular weight is 358 g/mol. The number of benzene rings is 1. The van der Waals surface area contributed by atoms with Gasteiger partial charge in [-0.05, 0) is 25.1 Å². The summed E-state index contributed by atoms with van der Waals surface area (Å²) in [5, 5.41) is 4.42. The van der Waals surface area contributed by atoms with Crippen LogP contribution in [0, 0.1) is 0 Å². The van der Waals surface area contributed by atoms with Crippen LogP contribution in [0.25, 0.3) is 5.69 Å². The third-order valence-corrected chi connectivity index (χ3v) is 3.23. The van der Waals surface area contributed by atoms with Crippen LogP contribution < -0.4 is 5.43 Å². The zero-order chi connectivity index (χ0) is 14.7. The molecule has 0 aliphatic carbocycles. The number of nitrogens with zero attached hydrogens (tertiary/aromatic N) is 2. The molecule has 1 aromatic heterocycles. The summed E-state index contributed by atoms with van der Waals surface area (Å²) in [6, 6.07) is 6.45. The van der Waals surface area contributed by atoms with E-state index < -0.39 is 11.4 Å². The number of rotatable bonds is 3. The summed E-state index contributed by atoms with van der Waals surface area (Å²) in [4.78, 5) is 23.3. The average Bonchev–Trinajstić information content (AvgIpc) is 2.40. The van der Waals surface area contributed by atoms with Crippen molar-refractivity contribution in [3.63, 3.8) is 0 Å². The molecule has 104 valence electrons. The van der Waals surface area contributed by atoms with Gasteiger partial charge in [0, 0.05) is 16.7 Å². The molecule has 0 aliphatic heterocycles. The molecule has 0 bridgehead atoms. The number of carbonyl (C=O) groups excluding carboxylic acids is 1. The van der Waals surface area contributed by atoms with Gasteiger partial charge in [0.1, 0.15) is 0 Å². The Morgan fingerprint density at radius 3 is 2.85 bits per heavy atom. The molecule has 1 heterocycles. The Kier molecular flexibility index (Phi) is 4.57. The van der Waals surface area contributed by atoms with E-state index in [0.717, 1.165) is 4.47 Å². The summed E-state index contributed by atoms with van der Waals surface area (Å²) in [5.41, 5.74) is -0.207. The van der Waals surface area contributed by atoms with E-state index in [0.29, 0.717) is 10.7 Å². The summed E-state index contributed by atoms with van der Waals surface area (Å²) < 4.78 is 6.97. The molecular formula is C13H10BrClN2O3. The minimum atomic E-state index is -0.750. The van der Waals surface area contributed by atoms with E-state index >= 15 is 0 Å². The van der Waals surface area contributed by atoms with E-state index in [-0.39, 0.29) is 12.3 Å². The van der Waals surface area contributed by atoms with Gasteiger partial charge in [-0.1, -0.05) is 27.5 Å². The second kappa shape index (κ2) is 6.19. The lowest BCUT2D eigenvalue weighted by Gasteiger charge is -2.09. The maximum atomic E-state index is 11.6. The third kappa shape index (κ3) is 3.08. The van der Waals surface area contributed by atoms with E-state index in [9.17, 15) is 9.59 Å². The fourth-order valence-corrected chi connectivity index (χ4v) is 2.31. The Labute approximate surface area is 128 Å². The van der Waals surface area contributed by atoms with Gasteiger partial charge in [-0.15, -0.1) is 0 Å². The minimum absolute atomic E-state index is 0.174. The van der Waals surface area contributed by atoms with Gasteiger partial charge < -0.3 is 4.74 Å². The van der Waals surface area contributed by atoms with Crippen LogP contribution in [0.1, 0.15) is 17.4 Å². The predicted molar refractivity (Wildman–Crippen MR) is 78.5 cm³/mol. The Bertz CT molecular complexity index is 715. The van der Waals surface area contributed by atoms with Gasteiger partial charge in [-0.3, -0.25) is 4.79 Å². The highest BCUT2D eigenvalue weighted by atomic mass is 79.9. The fraction of sp³-hybridized carbons (Fsp3) is 0.154.